The number of carbonyl (C=O) groups is 2. The fourth-order valence-electron chi connectivity index (χ4n) is 3.16. The van der Waals surface area contributed by atoms with Crippen molar-refractivity contribution in [3.8, 4) is 0 Å². The van der Waals surface area contributed by atoms with Crippen LogP contribution < -0.4 is 5.32 Å². The number of hydrogen-bond donors (Lipinski definition) is 5. The molecule has 2 aromatic carbocycles. The molecule has 0 radical (unpaired) electrons. The number of aryl methyl sites for hydroxylation is 1. The van der Waals surface area contributed by atoms with Gasteiger partial charge in [0.15, 0.2) is 6.10 Å². The van der Waals surface area contributed by atoms with Crippen LogP contribution in [0.1, 0.15) is 11.1 Å². The Kier molecular flexibility index (Phi) is 7.84. The highest BCUT2D eigenvalue weighted by atomic mass is 35.5. The van der Waals surface area contributed by atoms with Crippen LogP contribution in [0.5, 0.6) is 0 Å². The summed E-state index contributed by atoms with van der Waals surface area (Å²) in [6, 6.07) is 9.15. The van der Waals surface area contributed by atoms with E-state index in [1.54, 1.807) is 25.1 Å². The number of aliphatic hydroxyl groups excluding tert-OH is 3. The van der Waals surface area contributed by atoms with E-state index in [0.29, 0.717) is 11.3 Å². The quantitative estimate of drug-likeness (QED) is 0.287. The molecule has 5 N–H and O–H groups in total. The number of nitrogens with one attached hydrogen (secondary N) is 1. The molecule has 1 heterocycles. The molecule has 1 aliphatic heterocycles. The topological polar surface area (TPSA) is 155 Å². The lowest BCUT2D eigenvalue weighted by Crippen LogP contribution is -2.60. The van der Waals surface area contributed by atoms with Crippen molar-refractivity contribution >= 4 is 34.9 Å². The number of carbonyl (C=O) groups excluding carboxylic acids is 1. The van der Waals surface area contributed by atoms with Crippen molar-refractivity contribution in [2.75, 3.05) is 5.32 Å². The van der Waals surface area contributed by atoms with Crippen molar-refractivity contribution in [1.29, 1.82) is 0 Å². The lowest BCUT2D eigenvalue weighted by atomic mass is 9.99. The number of halogens is 2. The second kappa shape index (κ2) is 10.4. The minimum absolute atomic E-state index is 0.0138. The summed E-state index contributed by atoms with van der Waals surface area (Å²) in [5, 5.41) is 41.3. The van der Waals surface area contributed by atoms with Gasteiger partial charge in [0.1, 0.15) is 24.1 Å². The van der Waals surface area contributed by atoms with Crippen molar-refractivity contribution in [3.05, 3.63) is 58.4 Å². The number of aliphatic carboxylic acids is 1. The molecule has 1 saturated heterocycles. The molecule has 0 spiro atoms. The first-order chi connectivity index (χ1) is 15.6. The third kappa shape index (κ3) is 5.77. The molecule has 33 heavy (non-hydrogen) atoms. The number of benzene rings is 2. The maximum atomic E-state index is 14.1. The normalized spacial score (nSPS) is 24.8. The maximum absolute atomic E-state index is 14.1. The molecular formula is C21H21ClFNO9. The summed E-state index contributed by atoms with van der Waals surface area (Å²) in [7, 11) is 0. The molecule has 1 aliphatic rings. The van der Waals surface area contributed by atoms with E-state index in [-0.39, 0.29) is 17.1 Å². The Labute approximate surface area is 192 Å². The van der Waals surface area contributed by atoms with Crippen LogP contribution in [0.4, 0.5) is 15.8 Å². The van der Waals surface area contributed by atoms with Crippen LogP contribution >= 0.6 is 11.6 Å². The molecule has 178 valence electrons. The van der Waals surface area contributed by atoms with Gasteiger partial charge in [0, 0.05) is 5.69 Å². The highest BCUT2D eigenvalue weighted by molar-refractivity contribution is 6.33. The number of para-hydroxylation sites is 1. The van der Waals surface area contributed by atoms with Crippen molar-refractivity contribution < 1.29 is 48.9 Å². The van der Waals surface area contributed by atoms with Gasteiger partial charge in [0.25, 0.3) is 0 Å². The average molecular weight is 486 g/mol. The Hall–Kier alpha value is -2.80. The third-order valence-corrected chi connectivity index (χ3v) is 5.18. The third-order valence-electron chi connectivity index (χ3n) is 4.87. The van der Waals surface area contributed by atoms with E-state index in [1.165, 1.54) is 18.2 Å². The Morgan fingerprint density at radius 2 is 1.88 bits per heavy atom. The molecule has 12 heteroatoms. The zero-order valence-electron chi connectivity index (χ0n) is 17.1. The van der Waals surface area contributed by atoms with Crippen molar-refractivity contribution in [1.82, 2.24) is 0 Å². The smallest absolute Gasteiger partial charge is 0.346 e. The lowest BCUT2D eigenvalue weighted by molar-refractivity contribution is -0.400. The van der Waals surface area contributed by atoms with Crippen LogP contribution in [0, 0.1) is 12.7 Å². The molecule has 10 nitrogen and oxygen atoms in total. The van der Waals surface area contributed by atoms with E-state index >= 15 is 0 Å². The highest BCUT2D eigenvalue weighted by Gasteiger charge is 2.48. The zero-order valence-corrected chi connectivity index (χ0v) is 17.9. The predicted octanol–water partition coefficient (Wildman–Crippen LogP) is 1.44. The van der Waals surface area contributed by atoms with Crippen LogP contribution in [0.2, 0.25) is 5.02 Å². The largest absolute Gasteiger partial charge is 0.479 e. The fraction of sp³-hybridized carbons (Fsp3) is 0.333. The van der Waals surface area contributed by atoms with E-state index in [0.717, 1.165) is 5.56 Å². The first kappa shape index (κ1) is 24.8. The minimum atomic E-state index is -1.92. The molecule has 0 aromatic heterocycles. The van der Waals surface area contributed by atoms with Gasteiger partial charge >= 0.3 is 11.9 Å². The molecular weight excluding hydrogens is 465 g/mol. The van der Waals surface area contributed by atoms with Gasteiger partial charge in [0.2, 0.25) is 6.29 Å². The van der Waals surface area contributed by atoms with Gasteiger partial charge in [-0.1, -0.05) is 35.4 Å². The number of hydrogen-bond acceptors (Lipinski definition) is 9. The van der Waals surface area contributed by atoms with Crippen LogP contribution in [-0.2, 0) is 30.5 Å². The lowest BCUT2D eigenvalue weighted by Gasteiger charge is -2.37. The Bertz CT molecular complexity index is 1020. The Morgan fingerprint density at radius 3 is 2.55 bits per heavy atom. The summed E-state index contributed by atoms with van der Waals surface area (Å²) in [6.07, 6.45) is -9.86. The van der Waals surface area contributed by atoms with Gasteiger partial charge in [-0.25, -0.2) is 14.0 Å². The molecule has 0 saturated carbocycles. The van der Waals surface area contributed by atoms with Crippen molar-refractivity contribution in [2.45, 2.75) is 44.1 Å². The van der Waals surface area contributed by atoms with Crippen molar-refractivity contribution in [3.63, 3.8) is 0 Å². The van der Waals surface area contributed by atoms with E-state index < -0.39 is 48.5 Å². The van der Waals surface area contributed by atoms with Gasteiger partial charge in [-0.05, 0) is 30.7 Å². The molecule has 0 aliphatic carbocycles. The predicted molar refractivity (Wildman–Crippen MR) is 111 cm³/mol. The standard InChI is InChI=1S/C21H21ClFNO9/c1-9-5-6-13(24-15-11(22)3-2-4-12(15)23)10(7-9)8-14(25)32-33-21-18(28)16(26)17(27)19(31-21)20(29)30/h2-7,16-19,21,24,26-28H,8H2,1H3,(H,29,30)/t16-,17-,18+,19-,21?/m0/s1. The second-order valence-corrected chi connectivity index (χ2v) is 7.75. The van der Waals surface area contributed by atoms with Crippen LogP contribution in [0.25, 0.3) is 0 Å². The SMILES string of the molecule is Cc1ccc(Nc2c(F)cccc2Cl)c(CC(=O)OOC2O[C@H](C(=O)O)[C@@H](O)[C@H](O)[C@H]2O)c1. The van der Waals surface area contributed by atoms with E-state index in [2.05, 4.69) is 10.2 Å². The second-order valence-electron chi connectivity index (χ2n) is 7.35. The van der Waals surface area contributed by atoms with Crippen molar-refractivity contribution in [2.24, 2.45) is 0 Å². The summed E-state index contributed by atoms with van der Waals surface area (Å²) in [5.74, 6) is -3.18. The van der Waals surface area contributed by atoms with E-state index in [9.17, 15) is 29.3 Å². The molecule has 0 amide bonds. The first-order valence-corrected chi connectivity index (χ1v) is 10.1. The number of anilines is 2. The first-order valence-electron chi connectivity index (χ1n) is 9.67. The monoisotopic (exact) mass is 485 g/mol. The van der Waals surface area contributed by atoms with Gasteiger partial charge in [-0.2, -0.15) is 0 Å². The van der Waals surface area contributed by atoms with Crippen LogP contribution in [0.15, 0.2) is 36.4 Å². The number of rotatable bonds is 7. The summed E-state index contributed by atoms with van der Waals surface area (Å²) in [4.78, 5) is 32.8. The fourth-order valence-corrected chi connectivity index (χ4v) is 3.37. The summed E-state index contributed by atoms with van der Waals surface area (Å²) in [6.45, 7) is 1.77. The van der Waals surface area contributed by atoms with E-state index in [1.807, 2.05) is 0 Å². The number of aliphatic hydroxyl groups is 3. The molecule has 1 unspecified atom stereocenters. The Morgan fingerprint density at radius 1 is 1.15 bits per heavy atom. The zero-order chi connectivity index (χ0) is 24.3. The number of carboxylic acids is 1. The molecule has 1 fully saturated rings. The molecule has 3 rings (SSSR count). The number of ether oxygens (including phenoxy) is 1. The molecule has 2 aromatic rings. The van der Waals surface area contributed by atoms with Gasteiger partial charge in [0.05, 0.1) is 17.1 Å². The minimum Gasteiger partial charge on any atom is -0.479 e. The van der Waals surface area contributed by atoms with E-state index in [4.69, 9.17) is 26.3 Å². The number of carboxylic acid groups (broad SMARTS) is 1. The van der Waals surface area contributed by atoms with Crippen LogP contribution in [0.3, 0.4) is 0 Å². The average Bonchev–Trinajstić information content (AvgIpc) is 2.75. The maximum Gasteiger partial charge on any atom is 0.346 e. The van der Waals surface area contributed by atoms with Crippen LogP contribution in [-0.4, -0.2) is 63.1 Å². The molecule has 0 bridgehead atoms. The molecule has 5 atom stereocenters. The Balaban J connectivity index is 1.69. The summed E-state index contributed by atoms with van der Waals surface area (Å²) >= 11 is 6.04. The summed E-state index contributed by atoms with van der Waals surface area (Å²) < 4.78 is 19.0. The van der Waals surface area contributed by atoms with Gasteiger partial charge in [-0.3, -0.25) is 4.89 Å². The summed E-state index contributed by atoms with van der Waals surface area (Å²) in [5.41, 5.74) is 1.56. The van der Waals surface area contributed by atoms with Gasteiger partial charge < -0.3 is 30.5 Å². The van der Waals surface area contributed by atoms with Gasteiger partial charge in [-0.15, -0.1) is 4.89 Å². The highest BCUT2D eigenvalue weighted by Crippen LogP contribution is 2.30.